The topological polar surface area (TPSA) is 132 Å². The number of anilines is 1. The molecule has 4 heterocycles. The number of fused-ring (bicyclic) bond motifs is 2. The molecule has 0 aliphatic rings. The molecule has 0 N–H and O–H groups in total. The van der Waals surface area contributed by atoms with Crippen molar-refractivity contribution in [3.05, 3.63) is 58.7 Å². The summed E-state index contributed by atoms with van der Waals surface area (Å²) in [6.07, 6.45) is 1.17. The van der Waals surface area contributed by atoms with Crippen molar-refractivity contribution in [3.8, 4) is 39.6 Å². The number of methoxy groups -OCH3 is 4. The molecule has 0 fully saturated rings. The smallest absolute Gasteiger partial charge is 0.416 e. The van der Waals surface area contributed by atoms with Gasteiger partial charge in [-0.1, -0.05) is 0 Å². The third-order valence-electron chi connectivity index (χ3n) is 7.22. The van der Waals surface area contributed by atoms with Crippen LogP contribution in [-0.4, -0.2) is 59.7 Å². The zero-order chi connectivity index (χ0) is 34.2. The number of aromatic nitrogens is 4. The number of thiazole rings is 1. The van der Waals surface area contributed by atoms with Gasteiger partial charge < -0.3 is 32.8 Å². The first kappa shape index (κ1) is 32.9. The van der Waals surface area contributed by atoms with Crippen molar-refractivity contribution in [1.29, 1.82) is 0 Å². The summed E-state index contributed by atoms with van der Waals surface area (Å²) in [5.41, 5.74) is 1.94. The second-order valence-corrected chi connectivity index (χ2v) is 13.7. The summed E-state index contributed by atoms with van der Waals surface area (Å²) >= 11 is 2.70. The normalized spacial score (nSPS) is 11.6. The Balaban J connectivity index is 1.30. The fourth-order valence-electron chi connectivity index (χ4n) is 4.86. The van der Waals surface area contributed by atoms with Gasteiger partial charge in [0.15, 0.2) is 10.9 Å². The number of nitrogens with zero attached hydrogens (tertiary/aromatic N) is 5. The highest BCUT2D eigenvalue weighted by atomic mass is 32.1. The van der Waals surface area contributed by atoms with Crippen LogP contribution in [0.15, 0.2) is 47.0 Å². The molecule has 0 spiro atoms. The second-order valence-electron chi connectivity index (χ2n) is 11.6. The van der Waals surface area contributed by atoms with Crippen molar-refractivity contribution in [2.24, 2.45) is 0 Å². The van der Waals surface area contributed by atoms with Gasteiger partial charge in [-0.25, -0.2) is 19.7 Å². The molecule has 252 valence electrons. The Labute approximate surface area is 284 Å². The number of carbonyl (C=O) groups is 1. The molecule has 0 bridgehead atoms. The summed E-state index contributed by atoms with van der Waals surface area (Å²) < 4.78 is 41.8. The largest absolute Gasteiger partial charge is 0.497 e. The van der Waals surface area contributed by atoms with Crippen LogP contribution in [0, 0.1) is 6.92 Å². The number of rotatable bonds is 11. The Bertz CT molecular complexity index is 2090. The van der Waals surface area contributed by atoms with E-state index >= 15 is 0 Å². The van der Waals surface area contributed by atoms with E-state index in [1.165, 1.54) is 27.6 Å². The molecular formula is C33H35N5O8S2. The van der Waals surface area contributed by atoms with Gasteiger partial charge in [0.05, 0.1) is 52.3 Å². The number of furan rings is 1. The minimum atomic E-state index is -0.715. The third kappa shape index (κ3) is 6.69. The van der Waals surface area contributed by atoms with Crippen molar-refractivity contribution >= 4 is 49.8 Å². The van der Waals surface area contributed by atoms with Gasteiger partial charge in [0, 0.05) is 28.6 Å². The standard InChI is InChI=1S/C33H35N5O8S2/c1-18-23(35-30(47-18)37(32(39)46-33(2,3)4)16-19-9-10-20(40-5)11-25(19)42-7)17-44-26-12-21(41-6)13-27-22(26)14-28(45-27)24-15-34-29-38(24)36-31(43-8)48-29/h9-15H,16-17H2,1-8H3. The van der Waals surface area contributed by atoms with E-state index < -0.39 is 11.7 Å². The van der Waals surface area contributed by atoms with Crippen molar-refractivity contribution in [1.82, 2.24) is 19.6 Å². The van der Waals surface area contributed by atoms with Crippen molar-refractivity contribution in [2.75, 3.05) is 33.3 Å². The van der Waals surface area contributed by atoms with Gasteiger partial charge in [0.25, 0.3) is 5.19 Å². The van der Waals surface area contributed by atoms with E-state index in [-0.39, 0.29) is 13.2 Å². The molecule has 6 rings (SSSR count). The number of benzene rings is 2. The lowest BCUT2D eigenvalue weighted by atomic mass is 10.1. The van der Waals surface area contributed by atoms with Gasteiger partial charge in [0.1, 0.15) is 46.5 Å². The van der Waals surface area contributed by atoms with E-state index in [2.05, 4.69) is 10.1 Å². The lowest BCUT2D eigenvalue weighted by Crippen LogP contribution is -2.36. The van der Waals surface area contributed by atoms with E-state index in [0.717, 1.165) is 15.8 Å². The van der Waals surface area contributed by atoms with Crippen LogP contribution >= 0.6 is 22.7 Å². The van der Waals surface area contributed by atoms with Crippen molar-refractivity contribution in [2.45, 2.75) is 46.4 Å². The van der Waals surface area contributed by atoms with E-state index in [9.17, 15) is 4.79 Å². The average molecular weight is 694 g/mol. The number of hydrogen-bond acceptors (Lipinski definition) is 13. The lowest BCUT2D eigenvalue weighted by molar-refractivity contribution is 0.0577. The molecule has 0 aliphatic carbocycles. The number of amides is 1. The summed E-state index contributed by atoms with van der Waals surface area (Å²) in [5.74, 6) is 2.87. The molecule has 0 saturated heterocycles. The minimum absolute atomic E-state index is 0.124. The van der Waals surface area contributed by atoms with Crippen LogP contribution in [0.25, 0.3) is 27.4 Å². The Morgan fingerprint density at radius 3 is 2.44 bits per heavy atom. The molecule has 0 aliphatic heterocycles. The molecule has 0 radical (unpaired) electrons. The second kappa shape index (κ2) is 13.2. The highest BCUT2D eigenvalue weighted by Gasteiger charge is 2.28. The molecule has 13 nitrogen and oxygen atoms in total. The number of ether oxygens (including phenoxy) is 6. The fourth-order valence-corrected chi connectivity index (χ4v) is 6.45. The zero-order valence-corrected chi connectivity index (χ0v) is 29.4. The first-order valence-corrected chi connectivity index (χ1v) is 16.4. The Morgan fingerprint density at radius 1 is 0.958 bits per heavy atom. The molecule has 2 aromatic carbocycles. The van der Waals surface area contributed by atoms with Gasteiger partial charge in [0.2, 0.25) is 4.96 Å². The Hall–Kier alpha value is -5.02. The molecule has 48 heavy (non-hydrogen) atoms. The predicted octanol–water partition coefficient (Wildman–Crippen LogP) is 7.52. The summed E-state index contributed by atoms with van der Waals surface area (Å²) in [6, 6.07) is 10.9. The van der Waals surface area contributed by atoms with E-state index in [0.29, 0.717) is 61.0 Å². The SMILES string of the molecule is COc1ccc(CN(C(=O)OC(C)(C)C)c2nc(COc3cc(OC)cc4oc(-c5cnc6sc(OC)nn56)cc34)c(C)s2)c(OC)c1. The zero-order valence-electron chi connectivity index (χ0n) is 27.8. The summed E-state index contributed by atoms with van der Waals surface area (Å²) in [4.78, 5) is 25.9. The lowest BCUT2D eigenvalue weighted by Gasteiger charge is -2.26. The van der Waals surface area contributed by atoms with E-state index in [4.69, 9.17) is 37.8 Å². The first-order valence-electron chi connectivity index (χ1n) is 14.8. The fraction of sp³-hybridized carbons (Fsp3) is 0.333. The van der Waals surface area contributed by atoms with Crippen LogP contribution in [0.1, 0.15) is 36.9 Å². The van der Waals surface area contributed by atoms with Gasteiger partial charge in [-0.15, -0.1) is 16.4 Å². The van der Waals surface area contributed by atoms with Crippen LogP contribution in [0.2, 0.25) is 0 Å². The quantitative estimate of drug-likeness (QED) is 0.133. The molecule has 4 aromatic heterocycles. The molecule has 0 atom stereocenters. The molecule has 6 aromatic rings. The molecule has 1 amide bonds. The van der Waals surface area contributed by atoms with Crippen LogP contribution in [0.5, 0.6) is 28.2 Å². The van der Waals surface area contributed by atoms with Gasteiger partial charge in [-0.3, -0.25) is 0 Å². The summed E-state index contributed by atoms with van der Waals surface area (Å²) in [7, 11) is 6.30. The number of aryl methyl sites for hydroxylation is 1. The highest BCUT2D eigenvalue weighted by Crippen LogP contribution is 2.39. The van der Waals surface area contributed by atoms with Crippen LogP contribution < -0.4 is 28.6 Å². The Kier molecular flexibility index (Phi) is 9.07. The van der Waals surface area contributed by atoms with Gasteiger partial charge in [-0.05, 0) is 57.2 Å². The van der Waals surface area contributed by atoms with Crippen molar-refractivity contribution < 1.29 is 37.6 Å². The van der Waals surface area contributed by atoms with Crippen molar-refractivity contribution in [3.63, 3.8) is 0 Å². The number of imidazole rings is 1. The maximum atomic E-state index is 13.5. The monoisotopic (exact) mass is 693 g/mol. The number of hydrogen-bond donors (Lipinski definition) is 0. The Morgan fingerprint density at radius 2 is 1.73 bits per heavy atom. The average Bonchev–Trinajstić information content (AvgIpc) is 3.84. The third-order valence-corrected chi connectivity index (χ3v) is 9.14. The molecule has 0 saturated carbocycles. The predicted molar refractivity (Wildman–Crippen MR) is 182 cm³/mol. The first-order chi connectivity index (χ1) is 23.0. The van der Waals surface area contributed by atoms with Crippen LogP contribution in [0.3, 0.4) is 0 Å². The maximum Gasteiger partial charge on any atom is 0.416 e. The van der Waals surface area contributed by atoms with E-state index in [1.807, 2.05) is 45.9 Å². The van der Waals surface area contributed by atoms with E-state index in [1.54, 1.807) is 57.4 Å². The maximum absolute atomic E-state index is 13.5. The minimum Gasteiger partial charge on any atom is -0.497 e. The summed E-state index contributed by atoms with van der Waals surface area (Å²) in [6.45, 7) is 7.69. The number of carbonyl (C=O) groups excluding carboxylic acids is 1. The summed E-state index contributed by atoms with van der Waals surface area (Å²) in [5, 5.41) is 6.14. The molecule has 0 unspecified atom stereocenters. The van der Waals surface area contributed by atoms with Crippen LogP contribution in [0.4, 0.5) is 9.93 Å². The van der Waals surface area contributed by atoms with Crippen LogP contribution in [-0.2, 0) is 17.9 Å². The molecular weight excluding hydrogens is 659 g/mol. The highest BCUT2D eigenvalue weighted by molar-refractivity contribution is 7.18. The molecule has 15 heteroatoms. The van der Waals surface area contributed by atoms with Gasteiger partial charge >= 0.3 is 6.09 Å². The van der Waals surface area contributed by atoms with Gasteiger partial charge in [-0.2, -0.15) is 4.52 Å².